The summed E-state index contributed by atoms with van der Waals surface area (Å²) in [5.74, 6) is 0.688. The molecule has 0 bridgehead atoms. The molecule has 1 aliphatic heterocycles. The van der Waals surface area contributed by atoms with Gasteiger partial charge in [-0.3, -0.25) is 0 Å². The molecule has 6 heteroatoms. The summed E-state index contributed by atoms with van der Waals surface area (Å²) >= 11 is 5.81. The standard InChI is InChI=1S/C11H17ClN4O/c1-7-5-16(6-11(2,3)17-7)9-8(13)4-14-10(12)15-9/h4,7H,5-6,13H2,1-3H3. The summed E-state index contributed by atoms with van der Waals surface area (Å²) < 4.78 is 5.84. The zero-order chi connectivity index (χ0) is 12.6. The fraction of sp³-hybridized carbons (Fsp3) is 0.636. The minimum Gasteiger partial charge on any atom is -0.394 e. The van der Waals surface area contributed by atoms with E-state index in [9.17, 15) is 0 Å². The normalized spacial score (nSPS) is 23.8. The van der Waals surface area contributed by atoms with Crippen molar-refractivity contribution in [3.05, 3.63) is 11.5 Å². The number of morpholine rings is 1. The molecule has 1 atom stereocenters. The predicted molar refractivity (Wildman–Crippen MR) is 68.3 cm³/mol. The van der Waals surface area contributed by atoms with Gasteiger partial charge >= 0.3 is 0 Å². The topological polar surface area (TPSA) is 64.3 Å². The quantitative estimate of drug-likeness (QED) is 0.775. The van der Waals surface area contributed by atoms with E-state index in [1.54, 1.807) is 0 Å². The van der Waals surface area contributed by atoms with Crippen molar-refractivity contribution in [1.82, 2.24) is 9.97 Å². The summed E-state index contributed by atoms with van der Waals surface area (Å²) in [7, 11) is 0. The first-order chi connectivity index (χ1) is 7.87. The molecule has 0 aliphatic carbocycles. The highest BCUT2D eigenvalue weighted by molar-refractivity contribution is 6.28. The lowest BCUT2D eigenvalue weighted by molar-refractivity contribution is -0.0751. The number of nitrogen functional groups attached to an aromatic ring is 1. The Kier molecular flexibility index (Phi) is 3.14. The second-order valence-electron chi connectivity index (χ2n) is 4.99. The Morgan fingerprint density at radius 3 is 2.94 bits per heavy atom. The van der Waals surface area contributed by atoms with Crippen molar-refractivity contribution in [2.45, 2.75) is 32.5 Å². The molecule has 0 radical (unpaired) electrons. The van der Waals surface area contributed by atoms with E-state index in [2.05, 4.69) is 28.7 Å². The van der Waals surface area contributed by atoms with E-state index in [0.29, 0.717) is 11.5 Å². The van der Waals surface area contributed by atoms with Gasteiger partial charge in [-0.2, -0.15) is 4.98 Å². The molecule has 17 heavy (non-hydrogen) atoms. The maximum atomic E-state index is 5.89. The predicted octanol–water partition coefficient (Wildman–Crippen LogP) is 1.72. The molecule has 94 valence electrons. The maximum Gasteiger partial charge on any atom is 0.224 e. The number of ether oxygens (including phenoxy) is 1. The number of nitrogens with zero attached hydrogens (tertiary/aromatic N) is 3. The van der Waals surface area contributed by atoms with Crippen LogP contribution in [0.1, 0.15) is 20.8 Å². The van der Waals surface area contributed by atoms with E-state index in [1.807, 2.05) is 6.92 Å². The summed E-state index contributed by atoms with van der Waals surface area (Å²) in [6, 6.07) is 0. The van der Waals surface area contributed by atoms with Gasteiger partial charge in [0.25, 0.3) is 0 Å². The van der Waals surface area contributed by atoms with Gasteiger partial charge < -0.3 is 15.4 Å². The minimum atomic E-state index is -0.221. The van der Waals surface area contributed by atoms with E-state index >= 15 is 0 Å². The van der Waals surface area contributed by atoms with E-state index in [0.717, 1.165) is 13.1 Å². The fourth-order valence-electron chi connectivity index (χ4n) is 2.23. The molecule has 0 aromatic carbocycles. The average molecular weight is 257 g/mol. The van der Waals surface area contributed by atoms with Crippen LogP contribution in [-0.4, -0.2) is 34.8 Å². The Balaban J connectivity index is 2.30. The van der Waals surface area contributed by atoms with Crippen LogP contribution >= 0.6 is 11.6 Å². The third-order valence-electron chi connectivity index (χ3n) is 2.64. The van der Waals surface area contributed by atoms with E-state index in [4.69, 9.17) is 22.1 Å². The molecule has 2 heterocycles. The third kappa shape index (κ3) is 2.79. The van der Waals surface area contributed by atoms with Crippen LogP contribution in [0.5, 0.6) is 0 Å². The lowest BCUT2D eigenvalue weighted by atomic mass is 10.1. The highest BCUT2D eigenvalue weighted by Crippen LogP contribution is 2.28. The molecule has 2 N–H and O–H groups in total. The van der Waals surface area contributed by atoms with Gasteiger partial charge in [0.1, 0.15) is 0 Å². The summed E-state index contributed by atoms with van der Waals surface area (Å²) in [5.41, 5.74) is 6.21. The molecular formula is C11H17ClN4O. The zero-order valence-corrected chi connectivity index (χ0v) is 11.0. The third-order valence-corrected chi connectivity index (χ3v) is 2.82. The molecule has 5 nitrogen and oxygen atoms in total. The summed E-state index contributed by atoms with van der Waals surface area (Å²) in [6.45, 7) is 7.62. The Hall–Kier alpha value is -1.07. The molecular weight excluding hydrogens is 240 g/mol. The molecule has 1 fully saturated rings. The van der Waals surface area contributed by atoms with Crippen LogP contribution in [0.2, 0.25) is 5.28 Å². The van der Waals surface area contributed by atoms with Crippen molar-refractivity contribution in [3.63, 3.8) is 0 Å². The van der Waals surface area contributed by atoms with Crippen LogP contribution < -0.4 is 10.6 Å². The molecule has 0 saturated carbocycles. The zero-order valence-electron chi connectivity index (χ0n) is 10.3. The van der Waals surface area contributed by atoms with Crippen LogP contribution in [0.15, 0.2) is 6.20 Å². The van der Waals surface area contributed by atoms with Gasteiger partial charge in [0, 0.05) is 13.1 Å². The van der Waals surface area contributed by atoms with Crippen molar-refractivity contribution in [3.8, 4) is 0 Å². The summed E-state index contributed by atoms with van der Waals surface area (Å²) in [4.78, 5) is 10.2. The van der Waals surface area contributed by atoms with Gasteiger partial charge in [-0.1, -0.05) is 0 Å². The Bertz CT molecular complexity index is 424. The van der Waals surface area contributed by atoms with Crippen LogP contribution in [0, 0.1) is 0 Å². The largest absolute Gasteiger partial charge is 0.394 e. The number of aromatic nitrogens is 2. The van der Waals surface area contributed by atoms with Crippen molar-refractivity contribution in [2.24, 2.45) is 0 Å². The number of rotatable bonds is 1. The van der Waals surface area contributed by atoms with Crippen molar-refractivity contribution in [1.29, 1.82) is 0 Å². The SMILES string of the molecule is CC1CN(c2nc(Cl)ncc2N)CC(C)(C)O1. The first kappa shape index (κ1) is 12.4. The highest BCUT2D eigenvalue weighted by atomic mass is 35.5. The molecule has 1 saturated heterocycles. The monoisotopic (exact) mass is 256 g/mol. The number of anilines is 2. The molecule has 1 unspecified atom stereocenters. The molecule has 2 rings (SSSR count). The Labute approximate surface area is 106 Å². The number of hydrogen-bond donors (Lipinski definition) is 1. The minimum absolute atomic E-state index is 0.131. The average Bonchev–Trinajstić information content (AvgIpc) is 2.18. The fourth-order valence-corrected chi connectivity index (χ4v) is 2.36. The number of halogens is 1. The summed E-state index contributed by atoms with van der Waals surface area (Å²) in [5, 5.41) is 0.214. The van der Waals surface area contributed by atoms with Crippen LogP contribution in [0.3, 0.4) is 0 Å². The first-order valence-electron chi connectivity index (χ1n) is 5.58. The number of nitrogens with two attached hydrogens (primary N) is 1. The molecule has 0 spiro atoms. The van der Waals surface area contributed by atoms with Gasteiger partial charge in [0.2, 0.25) is 5.28 Å². The lowest BCUT2D eigenvalue weighted by Crippen LogP contribution is -2.52. The van der Waals surface area contributed by atoms with Crippen LogP contribution in [0.25, 0.3) is 0 Å². The molecule has 1 aromatic rings. The van der Waals surface area contributed by atoms with Crippen LogP contribution in [0.4, 0.5) is 11.5 Å². The van der Waals surface area contributed by atoms with E-state index < -0.39 is 0 Å². The van der Waals surface area contributed by atoms with E-state index in [1.165, 1.54) is 6.20 Å². The molecule has 1 aromatic heterocycles. The van der Waals surface area contributed by atoms with Crippen LogP contribution in [-0.2, 0) is 4.74 Å². The maximum absolute atomic E-state index is 5.89. The van der Waals surface area contributed by atoms with Gasteiger partial charge in [-0.05, 0) is 32.4 Å². The smallest absolute Gasteiger partial charge is 0.224 e. The second kappa shape index (κ2) is 4.31. The van der Waals surface area contributed by atoms with Gasteiger partial charge in [-0.15, -0.1) is 0 Å². The second-order valence-corrected chi connectivity index (χ2v) is 5.32. The van der Waals surface area contributed by atoms with Crippen molar-refractivity contribution >= 4 is 23.1 Å². The van der Waals surface area contributed by atoms with Crippen molar-refractivity contribution < 1.29 is 4.74 Å². The van der Waals surface area contributed by atoms with Crippen molar-refractivity contribution in [2.75, 3.05) is 23.7 Å². The lowest BCUT2D eigenvalue weighted by Gasteiger charge is -2.42. The van der Waals surface area contributed by atoms with Gasteiger partial charge in [0.15, 0.2) is 5.82 Å². The molecule has 1 aliphatic rings. The first-order valence-corrected chi connectivity index (χ1v) is 5.96. The Morgan fingerprint density at radius 1 is 1.59 bits per heavy atom. The van der Waals surface area contributed by atoms with Gasteiger partial charge in [0.05, 0.1) is 23.6 Å². The summed E-state index contributed by atoms with van der Waals surface area (Å²) in [6.07, 6.45) is 1.67. The highest BCUT2D eigenvalue weighted by Gasteiger charge is 2.32. The molecule has 0 amide bonds. The Morgan fingerprint density at radius 2 is 2.29 bits per heavy atom. The van der Waals surface area contributed by atoms with E-state index in [-0.39, 0.29) is 17.0 Å². The van der Waals surface area contributed by atoms with Gasteiger partial charge in [-0.25, -0.2) is 4.98 Å². The number of hydrogen-bond acceptors (Lipinski definition) is 5.